The number of benzene rings is 4. The second-order valence-electron chi connectivity index (χ2n) is 12.4. The van der Waals surface area contributed by atoms with Crippen molar-refractivity contribution in [1.29, 1.82) is 0 Å². The molecule has 2 aliphatic heterocycles. The molecule has 0 saturated carbocycles. The number of aliphatic carboxylic acids is 2. The number of carboxylic acid groups (broad SMARTS) is 2. The van der Waals surface area contributed by atoms with Crippen LogP contribution in [0.5, 0.6) is 11.5 Å². The summed E-state index contributed by atoms with van der Waals surface area (Å²) in [5.74, 6) is -2.06. The van der Waals surface area contributed by atoms with Gasteiger partial charge >= 0.3 is 11.9 Å². The SMILES string of the molecule is O=C(O)[C@@H](CO)NCCN1C(=O)COc2cc(-c3cccc(-c4cccc(-c5ccc6c(c5)OCC(=O)N6CCN[C@H](CO)C(=O)O)c4Cl)c3Cl)ccc21. The first-order valence-corrected chi connectivity index (χ1v) is 17.6. The van der Waals surface area contributed by atoms with E-state index in [4.69, 9.17) is 32.7 Å². The maximum atomic E-state index is 12.7. The van der Waals surface area contributed by atoms with E-state index in [0.717, 1.165) is 11.1 Å². The summed E-state index contributed by atoms with van der Waals surface area (Å²) in [7, 11) is 0. The summed E-state index contributed by atoms with van der Waals surface area (Å²) in [6.07, 6.45) is 0. The van der Waals surface area contributed by atoms with Gasteiger partial charge in [-0.15, -0.1) is 0 Å². The maximum Gasteiger partial charge on any atom is 0.323 e. The topological polar surface area (TPSA) is 198 Å². The molecule has 0 aromatic heterocycles. The van der Waals surface area contributed by atoms with Gasteiger partial charge in [-0.3, -0.25) is 19.2 Å². The molecular formula is C38H36Cl2N4O10. The van der Waals surface area contributed by atoms with Crippen LogP contribution in [0.2, 0.25) is 10.0 Å². The fraction of sp³-hybridized carbons (Fsp3) is 0.263. The van der Waals surface area contributed by atoms with Gasteiger partial charge in [0.05, 0.1) is 34.6 Å². The number of fused-ring (bicyclic) bond motifs is 2. The van der Waals surface area contributed by atoms with Gasteiger partial charge in [0, 0.05) is 48.4 Å². The van der Waals surface area contributed by atoms with Crippen LogP contribution in [0.25, 0.3) is 33.4 Å². The number of amides is 2. The molecule has 282 valence electrons. The molecule has 6 rings (SSSR count). The lowest BCUT2D eigenvalue weighted by Gasteiger charge is -2.30. The summed E-state index contributed by atoms with van der Waals surface area (Å²) in [5.41, 5.74) is 5.19. The fourth-order valence-electron chi connectivity index (χ4n) is 6.32. The van der Waals surface area contributed by atoms with Crippen molar-refractivity contribution in [2.24, 2.45) is 0 Å². The predicted molar refractivity (Wildman–Crippen MR) is 201 cm³/mol. The first-order valence-electron chi connectivity index (χ1n) is 16.9. The number of ether oxygens (including phenoxy) is 2. The highest BCUT2D eigenvalue weighted by Crippen LogP contribution is 2.45. The Kier molecular flexibility index (Phi) is 12.0. The van der Waals surface area contributed by atoms with E-state index < -0.39 is 37.2 Å². The summed E-state index contributed by atoms with van der Waals surface area (Å²) >= 11 is 14.2. The predicted octanol–water partition coefficient (Wildman–Crippen LogP) is 3.52. The van der Waals surface area contributed by atoms with Crippen LogP contribution < -0.4 is 29.9 Å². The number of carboxylic acids is 2. The minimum atomic E-state index is -1.19. The Balaban J connectivity index is 1.24. The van der Waals surface area contributed by atoms with Crippen LogP contribution in [0.4, 0.5) is 11.4 Å². The average molecular weight is 780 g/mol. The Labute approximate surface area is 319 Å². The molecule has 6 N–H and O–H groups in total. The molecule has 0 radical (unpaired) electrons. The monoisotopic (exact) mass is 778 g/mol. The highest BCUT2D eigenvalue weighted by Gasteiger charge is 2.29. The van der Waals surface area contributed by atoms with Crippen LogP contribution in [0.1, 0.15) is 0 Å². The van der Waals surface area contributed by atoms with Gasteiger partial charge in [0.2, 0.25) is 0 Å². The minimum Gasteiger partial charge on any atom is -0.482 e. The number of aliphatic hydroxyl groups excluding tert-OH is 2. The molecule has 2 amide bonds. The summed E-state index contributed by atoms with van der Waals surface area (Å²) < 4.78 is 11.5. The molecule has 2 aliphatic rings. The Morgan fingerprint density at radius 2 is 1.04 bits per heavy atom. The Morgan fingerprint density at radius 1 is 0.648 bits per heavy atom. The Morgan fingerprint density at radius 3 is 1.41 bits per heavy atom. The van der Waals surface area contributed by atoms with E-state index in [0.29, 0.717) is 55.2 Å². The van der Waals surface area contributed by atoms with Crippen LogP contribution in [0, 0.1) is 0 Å². The zero-order chi connectivity index (χ0) is 38.5. The number of carbonyl (C=O) groups excluding carboxylic acids is 2. The van der Waals surface area contributed by atoms with E-state index in [-0.39, 0.29) is 51.2 Å². The lowest BCUT2D eigenvalue weighted by Crippen LogP contribution is -2.46. The average Bonchev–Trinajstić information content (AvgIpc) is 3.16. The quantitative estimate of drug-likeness (QED) is 0.103. The van der Waals surface area contributed by atoms with Crippen molar-refractivity contribution in [2.45, 2.75) is 12.1 Å². The van der Waals surface area contributed by atoms with Gasteiger partial charge in [0.25, 0.3) is 11.8 Å². The van der Waals surface area contributed by atoms with E-state index in [2.05, 4.69) is 10.6 Å². The van der Waals surface area contributed by atoms with Gasteiger partial charge < -0.3 is 50.3 Å². The first-order chi connectivity index (χ1) is 26.0. The van der Waals surface area contributed by atoms with Gasteiger partial charge in [-0.1, -0.05) is 71.7 Å². The molecular weight excluding hydrogens is 743 g/mol. The van der Waals surface area contributed by atoms with E-state index >= 15 is 0 Å². The fourth-order valence-corrected chi connectivity index (χ4v) is 7.00. The van der Waals surface area contributed by atoms with Gasteiger partial charge in [-0.05, 0) is 35.4 Å². The van der Waals surface area contributed by atoms with Crippen molar-refractivity contribution in [3.63, 3.8) is 0 Å². The third-order valence-electron chi connectivity index (χ3n) is 9.13. The van der Waals surface area contributed by atoms with E-state index in [1.807, 2.05) is 48.5 Å². The highest BCUT2D eigenvalue weighted by atomic mass is 35.5. The molecule has 4 aromatic rings. The molecule has 54 heavy (non-hydrogen) atoms. The summed E-state index contributed by atoms with van der Waals surface area (Å²) in [6.45, 7) is -0.984. The summed E-state index contributed by atoms with van der Waals surface area (Å²) in [6, 6.07) is 19.5. The molecule has 2 atom stereocenters. The number of hydrogen-bond donors (Lipinski definition) is 6. The van der Waals surface area contributed by atoms with Crippen molar-refractivity contribution in [3.8, 4) is 44.9 Å². The number of nitrogens with one attached hydrogen (secondary N) is 2. The van der Waals surface area contributed by atoms with E-state index in [1.165, 1.54) is 9.80 Å². The van der Waals surface area contributed by atoms with Crippen molar-refractivity contribution >= 4 is 58.3 Å². The molecule has 0 unspecified atom stereocenters. The Bertz CT molecular complexity index is 1950. The Hall–Kier alpha value is -5.22. The van der Waals surface area contributed by atoms with Crippen molar-refractivity contribution < 1.29 is 49.1 Å². The van der Waals surface area contributed by atoms with Crippen LogP contribution in [-0.4, -0.2) is 109 Å². The minimum absolute atomic E-state index is 0.134. The molecule has 2 heterocycles. The van der Waals surface area contributed by atoms with Gasteiger partial charge in [-0.2, -0.15) is 0 Å². The second kappa shape index (κ2) is 16.8. The molecule has 14 nitrogen and oxygen atoms in total. The lowest BCUT2D eigenvalue weighted by atomic mass is 9.95. The van der Waals surface area contributed by atoms with E-state index in [9.17, 15) is 39.6 Å². The van der Waals surface area contributed by atoms with Crippen LogP contribution in [0.15, 0.2) is 72.8 Å². The standard InChI is InChI=1S/C38H36Cl2N4O10/c39-35-23(21-7-9-29-31(15-21)53-19-33(47)43(29)13-11-41-27(17-45)37(49)50)3-1-5-25(35)26-6-2-4-24(36(26)40)22-8-10-30-32(16-22)54-20-34(48)44(30)14-12-42-28(18-46)38(51)52/h1-10,15-16,27-28,41-42,45-46H,11-14,17-20H2,(H,49,50)(H,51,52)/t27-,28-/m1/s1. The van der Waals surface area contributed by atoms with Crippen molar-refractivity contribution in [1.82, 2.24) is 10.6 Å². The lowest BCUT2D eigenvalue weighted by molar-refractivity contribution is -0.141. The molecule has 16 heteroatoms. The molecule has 0 fully saturated rings. The van der Waals surface area contributed by atoms with Crippen LogP contribution in [-0.2, 0) is 19.2 Å². The normalized spacial score (nSPS) is 14.8. The number of halogens is 2. The van der Waals surface area contributed by atoms with Crippen LogP contribution in [0.3, 0.4) is 0 Å². The highest BCUT2D eigenvalue weighted by molar-refractivity contribution is 6.39. The smallest absolute Gasteiger partial charge is 0.323 e. The number of anilines is 2. The summed E-state index contributed by atoms with van der Waals surface area (Å²) in [5, 5.41) is 43.2. The maximum absolute atomic E-state index is 12.7. The van der Waals surface area contributed by atoms with Crippen molar-refractivity contribution in [2.75, 3.05) is 62.4 Å². The number of aliphatic hydroxyl groups is 2. The number of hydrogen-bond acceptors (Lipinski definition) is 10. The number of carbonyl (C=O) groups is 4. The van der Waals surface area contributed by atoms with Gasteiger partial charge in [0.1, 0.15) is 23.6 Å². The third-order valence-corrected chi connectivity index (χ3v) is 9.94. The van der Waals surface area contributed by atoms with Gasteiger partial charge in [-0.25, -0.2) is 0 Å². The molecule has 0 saturated heterocycles. The molecule has 0 aliphatic carbocycles. The molecule has 0 bridgehead atoms. The number of rotatable bonds is 15. The van der Waals surface area contributed by atoms with Crippen LogP contribution >= 0.6 is 23.2 Å². The molecule has 4 aromatic carbocycles. The van der Waals surface area contributed by atoms with E-state index in [1.54, 1.807) is 24.3 Å². The molecule has 0 spiro atoms. The second-order valence-corrected chi connectivity index (χ2v) is 13.2. The van der Waals surface area contributed by atoms with Crippen molar-refractivity contribution in [3.05, 3.63) is 82.8 Å². The third kappa shape index (κ3) is 7.99. The largest absolute Gasteiger partial charge is 0.482 e. The zero-order valence-corrected chi connectivity index (χ0v) is 30.1. The summed E-state index contributed by atoms with van der Waals surface area (Å²) in [4.78, 5) is 50.9. The van der Waals surface area contributed by atoms with Gasteiger partial charge in [0.15, 0.2) is 13.2 Å². The first kappa shape index (κ1) is 38.5. The number of nitrogens with zero attached hydrogens (tertiary/aromatic N) is 2. The zero-order valence-electron chi connectivity index (χ0n) is 28.6.